The molecule has 0 aromatic carbocycles. The fraction of sp³-hybridized carbons (Fsp3) is 0.368. The predicted octanol–water partition coefficient (Wildman–Crippen LogP) is 0.499. The highest BCUT2D eigenvalue weighted by atomic mass is 32.2. The van der Waals surface area contributed by atoms with E-state index in [9.17, 15) is 18.0 Å². The molecule has 3 aromatic rings. The number of rotatable bonds is 6. The topological polar surface area (TPSA) is 123 Å². The highest BCUT2D eigenvalue weighted by molar-refractivity contribution is 7.89. The molecule has 0 saturated carbocycles. The summed E-state index contributed by atoms with van der Waals surface area (Å²) in [5, 5.41) is 2.74. The number of thiophene rings is 1. The smallest absolute Gasteiger partial charge is 0.263 e. The predicted molar refractivity (Wildman–Crippen MR) is 114 cm³/mol. The van der Waals surface area contributed by atoms with E-state index in [4.69, 9.17) is 4.74 Å². The summed E-state index contributed by atoms with van der Waals surface area (Å²) in [5.41, 5.74) is 0.266. The van der Waals surface area contributed by atoms with Gasteiger partial charge in [-0.15, -0.1) is 11.3 Å². The highest BCUT2D eigenvalue weighted by Gasteiger charge is 2.32. The fourth-order valence-corrected chi connectivity index (χ4v) is 6.44. The van der Waals surface area contributed by atoms with E-state index < -0.39 is 21.5 Å². The number of amides is 1. The average molecular weight is 464 g/mol. The Bertz CT molecular complexity index is 1260. The quantitative estimate of drug-likeness (QED) is 0.565. The summed E-state index contributed by atoms with van der Waals surface area (Å²) in [4.78, 5) is 34.5. The molecule has 0 radical (unpaired) electrons. The van der Waals surface area contributed by atoms with Crippen LogP contribution in [0.5, 0.6) is 0 Å². The molecular weight excluding hydrogens is 442 g/mol. The number of ether oxygens (including phenoxy) is 1. The van der Waals surface area contributed by atoms with Crippen molar-refractivity contribution in [2.75, 3.05) is 26.3 Å². The molecule has 4 heterocycles. The van der Waals surface area contributed by atoms with Crippen LogP contribution in [0, 0.1) is 6.92 Å². The van der Waals surface area contributed by atoms with E-state index in [-0.39, 0.29) is 36.5 Å². The zero-order valence-electron chi connectivity index (χ0n) is 16.8. The summed E-state index contributed by atoms with van der Waals surface area (Å²) >= 11 is 1.15. The van der Waals surface area contributed by atoms with Gasteiger partial charge in [-0.05, 0) is 18.6 Å². The number of morpholine rings is 1. The Kier molecular flexibility index (Phi) is 6.14. The molecule has 164 valence electrons. The largest absolute Gasteiger partial charge is 0.379 e. The normalized spacial score (nSPS) is 15.3. The Hall–Kier alpha value is -2.67. The van der Waals surface area contributed by atoms with Gasteiger partial charge in [-0.3, -0.25) is 19.1 Å². The zero-order chi connectivity index (χ0) is 22.0. The van der Waals surface area contributed by atoms with Gasteiger partial charge in [0.2, 0.25) is 15.9 Å². The van der Waals surface area contributed by atoms with Crippen molar-refractivity contribution in [2.24, 2.45) is 0 Å². The van der Waals surface area contributed by atoms with Crippen LogP contribution < -0.4 is 10.9 Å². The summed E-state index contributed by atoms with van der Waals surface area (Å²) in [6.07, 6.45) is 4.55. The second-order valence-corrected chi connectivity index (χ2v) is 10.1. The molecule has 0 unspecified atom stereocenters. The first-order valence-electron chi connectivity index (χ1n) is 9.60. The van der Waals surface area contributed by atoms with E-state index in [0.29, 0.717) is 22.9 Å². The number of sulfonamides is 1. The Labute approximate surface area is 182 Å². The molecule has 1 aliphatic heterocycles. The number of carbonyl (C=O) groups is 1. The Morgan fingerprint density at radius 1 is 1.32 bits per heavy atom. The number of fused-ring (bicyclic) bond motifs is 1. The Morgan fingerprint density at radius 2 is 2.10 bits per heavy atom. The maximum atomic E-state index is 13.2. The van der Waals surface area contributed by atoms with Crippen LogP contribution in [0.15, 0.2) is 40.5 Å². The summed E-state index contributed by atoms with van der Waals surface area (Å²) < 4.78 is 34.2. The van der Waals surface area contributed by atoms with Gasteiger partial charge in [0, 0.05) is 36.9 Å². The molecule has 1 saturated heterocycles. The van der Waals surface area contributed by atoms with Crippen LogP contribution in [0.25, 0.3) is 10.2 Å². The van der Waals surface area contributed by atoms with Crippen LogP contribution in [0.3, 0.4) is 0 Å². The molecule has 4 rings (SSSR count). The number of pyridine rings is 1. The zero-order valence-corrected chi connectivity index (χ0v) is 18.4. The molecule has 1 amide bonds. The molecule has 1 N–H and O–H groups in total. The van der Waals surface area contributed by atoms with Gasteiger partial charge in [0.25, 0.3) is 5.56 Å². The van der Waals surface area contributed by atoms with E-state index in [0.717, 1.165) is 21.5 Å². The van der Waals surface area contributed by atoms with Gasteiger partial charge in [0.1, 0.15) is 16.3 Å². The molecule has 10 nitrogen and oxygen atoms in total. The molecule has 0 spiro atoms. The Balaban J connectivity index is 1.63. The fourth-order valence-electron chi connectivity index (χ4n) is 3.37. The number of aromatic nitrogens is 3. The second-order valence-electron chi connectivity index (χ2n) is 7.00. The van der Waals surface area contributed by atoms with E-state index in [1.54, 1.807) is 25.4 Å². The number of hydrogen-bond donors (Lipinski definition) is 1. The van der Waals surface area contributed by atoms with Crippen molar-refractivity contribution in [1.29, 1.82) is 0 Å². The summed E-state index contributed by atoms with van der Waals surface area (Å²) in [7, 11) is -3.89. The lowest BCUT2D eigenvalue weighted by Gasteiger charge is -2.26. The number of nitrogens with one attached hydrogen (secondary N) is 1. The van der Waals surface area contributed by atoms with E-state index in [1.165, 1.54) is 10.6 Å². The van der Waals surface area contributed by atoms with Crippen LogP contribution >= 0.6 is 11.3 Å². The third kappa shape index (κ3) is 4.37. The monoisotopic (exact) mass is 463 g/mol. The second kappa shape index (κ2) is 8.83. The molecule has 31 heavy (non-hydrogen) atoms. The van der Waals surface area contributed by atoms with E-state index in [2.05, 4.69) is 15.3 Å². The van der Waals surface area contributed by atoms with Crippen molar-refractivity contribution in [2.45, 2.75) is 24.9 Å². The first kappa shape index (κ1) is 21.6. The van der Waals surface area contributed by atoms with Gasteiger partial charge >= 0.3 is 0 Å². The van der Waals surface area contributed by atoms with Crippen LogP contribution in [0.2, 0.25) is 0 Å². The van der Waals surface area contributed by atoms with E-state index >= 15 is 0 Å². The van der Waals surface area contributed by atoms with Crippen molar-refractivity contribution >= 4 is 37.5 Å². The number of nitrogens with zero attached hydrogens (tertiary/aromatic N) is 4. The van der Waals surface area contributed by atoms with Crippen LogP contribution in [0.4, 0.5) is 0 Å². The van der Waals surface area contributed by atoms with Gasteiger partial charge in [0.15, 0.2) is 0 Å². The minimum atomic E-state index is -3.89. The standard InChI is InChI=1S/C19H21N5O5S2/c1-13-17(31(27,28)24-5-7-29-8-6-24)16-18(30-13)22-12-23(19(16)26)11-15(25)21-10-14-3-2-4-20-9-14/h2-4,9,12H,5-8,10-11H2,1H3,(H,21,25). The lowest BCUT2D eigenvalue weighted by molar-refractivity contribution is -0.121. The molecule has 3 aromatic heterocycles. The summed E-state index contributed by atoms with van der Waals surface area (Å²) in [5.74, 6) is -0.392. The first-order chi connectivity index (χ1) is 14.9. The number of hydrogen-bond acceptors (Lipinski definition) is 8. The molecule has 0 aliphatic carbocycles. The third-order valence-corrected chi connectivity index (χ3v) is 8.11. The number of carbonyl (C=O) groups excluding carboxylic acids is 1. The summed E-state index contributed by atoms with van der Waals surface area (Å²) in [6, 6.07) is 3.59. The molecule has 0 bridgehead atoms. The number of aryl methyl sites for hydroxylation is 1. The van der Waals surface area contributed by atoms with Crippen molar-refractivity contribution in [3.8, 4) is 0 Å². The van der Waals surface area contributed by atoms with Gasteiger partial charge in [-0.2, -0.15) is 4.31 Å². The van der Waals surface area contributed by atoms with Crippen molar-refractivity contribution < 1.29 is 17.9 Å². The van der Waals surface area contributed by atoms with Crippen molar-refractivity contribution in [3.05, 3.63) is 51.6 Å². The van der Waals surface area contributed by atoms with Crippen molar-refractivity contribution in [1.82, 2.24) is 24.2 Å². The maximum absolute atomic E-state index is 13.2. The van der Waals surface area contributed by atoms with Crippen LogP contribution in [0.1, 0.15) is 10.4 Å². The Morgan fingerprint density at radius 3 is 2.81 bits per heavy atom. The molecule has 0 atom stereocenters. The maximum Gasteiger partial charge on any atom is 0.263 e. The third-order valence-electron chi connectivity index (χ3n) is 4.89. The average Bonchev–Trinajstić information content (AvgIpc) is 3.13. The minimum Gasteiger partial charge on any atom is -0.379 e. The summed E-state index contributed by atoms with van der Waals surface area (Å²) in [6.45, 7) is 2.72. The molecule has 1 fully saturated rings. The SMILES string of the molecule is Cc1sc2ncn(CC(=O)NCc3cccnc3)c(=O)c2c1S(=O)(=O)N1CCOCC1. The minimum absolute atomic E-state index is 0.0246. The van der Waals surface area contributed by atoms with Crippen LogP contribution in [-0.4, -0.2) is 59.5 Å². The highest BCUT2D eigenvalue weighted by Crippen LogP contribution is 2.33. The van der Waals surface area contributed by atoms with Gasteiger partial charge < -0.3 is 10.1 Å². The van der Waals surface area contributed by atoms with Gasteiger partial charge in [-0.1, -0.05) is 6.07 Å². The van der Waals surface area contributed by atoms with Gasteiger partial charge in [-0.25, -0.2) is 13.4 Å². The molecule has 1 aliphatic rings. The lowest BCUT2D eigenvalue weighted by atomic mass is 10.3. The van der Waals surface area contributed by atoms with Crippen molar-refractivity contribution in [3.63, 3.8) is 0 Å². The van der Waals surface area contributed by atoms with E-state index in [1.807, 2.05) is 6.07 Å². The van der Waals surface area contributed by atoms with Crippen LogP contribution in [-0.2, 0) is 32.6 Å². The molecular formula is C19H21N5O5S2. The first-order valence-corrected chi connectivity index (χ1v) is 11.9. The van der Waals surface area contributed by atoms with Gasteiger partial charge in [0.05, 0.1) is 24.9 Å². The molecule has 12 heteroatoms. The lowest BCUT2D eigenvalue weighted by Crippen LogP contribution is -2.41.